The summed E-state index contributed by atoms with van der Waals surface area (Å²) in [5, 5.41) is 0. The summed E-state index contributed by atoms with van der Waals surface area (Å²) in [5.41, 5.74) is 3.81. The molecule has 0 saturated heterocycles. The number of rotatable bonds is 4. The van der Waals surface area contributed by atoms with Crippen molar-refractivity contribution in [3.8, 4) is 0 Å². The van der Waals surface area contributed by atoms with Gasteiger partial charge in [-0.05, 0) is 20.2 Å². The number of nitrogens with zero attached hydrogens (tertiary/aromatic N) is 1. The molecule has 0 aliphatic heterocycles. The van der Waals surface area contributed by atoms with Gasteiger partial charge in [-0.1, -0.05) is 0 Å². The van der Waals surface area contributed by atoms with Gasteiger partial charge in [0.2, 0.25) is 0 Å². The normalized spacial score (nSPS) is 13.7. The molecule has 12 heavy (non-hydrogen) atoms. The Labute approximate surface area is 72.3 Å². The fraction of sp³-hybridized carbons (Fsp3) is 0.500. The average molecular weight is 169 g/mol. The lowest BCUT2D eigenvalue weighted by Gasteiger charge is -2.18. The largest absolute Gasteiger partial charge is 0.472 e. The molecule has 1 atom stereocenters. The van der Waals surface area contributed by atoms with E-state index in [4.69, 9.17) is 10.3 Å². The average Bonchev–Trinajstić information content (AvgIpc) is 2.51. The maximum atomic E-state index is 5.39. The predicted molar refractivity (Wildman–Crippen MR) is 47.3 cm³/mol. The van der Waals surface area contributed by atoms with Gasteiger partial charge >= 0.3 is 0 Å². The topological polar surface area (TPSA) is 54.4 Å². The first kappa shape index (κ1) is 9.25. The highest BCUT2D eigenvalue weighted by atomic mass is 16.3. The van der Waals surface area contributed by atoms with E-state index in [1.807, 2.05) is 20.2 Å². The summed E-state index contributed by atoms with van der Waals surface area (Å²) in [4.78, 5) is 2.07. The monoisotopic (exact) mass is 169 g/mol. The first-order valence-electron chi connectivity index (χ1n) is 3.87. The molecule has 0 bridgehead atoms. The second-order valence-electron chi connectivity index (χ2n) is 3.04. The Bertz CT molecular complexity index is 208. The Morgan fingerprint density at radius 1 is 1.67 bits per heavy atom. The first-order valence-corrected chi connectivity index (χ1v) is 3.87. The number of nitrogens with two attached hydrogens (primary N) is 1. The van der Waals surface area contributed by atoms with Gasteiger partial charge in [0, 0.05) is 12.1 Å². The van der Waals surface area contributed by atoms with E-state index in [9.17, 15) is 0 Å². The molecule has 4 heteroatoms. The zero-order valence-corrected chi connectivity index (χ0v) is 7.45. The minimum absolute atomic E-state index is 0.138. The highest BCUT2D eigenvalue weighted by Crippen LogP contribution is 2.12. The third-order valence-corrected chi connectivity index (χ3v) is 1.69. The van der Waals surface area contributed by atoms with Crippen molar-refractivity contribution in [2.45, 2.75) is 6.04 Å². The quantitative estimate of drug-likeness (QED) is 0.504. The lowest BCUT2D eigenvalue weighted by molar-refractivity contribution is 0.343. The van der Waals surface area contributed by atoms with Gasteiger partial charge in [0.15, 0.2) is 0 Å². The summed E-state index contributed by atoms with van der Waals surface area (Å²) in [6, 6.07) is 2.05. The fourth-order valence-electron chi connectivity index (χ4n) is 1.09. The van der Waals surface area contributed by atoms with Crippen LogP contribution in [-0.4, -0.2) is 25.5 Å². The third kappa shape index (κ3) is 2.34. The molecular formula is C8H15N3O. The van der Waals surface area contributed by atoms with E-state index in [0.717, 1.165) is 12.1 Å². The van der Waals surface area contributed by atoms with Gasteiger partial charge in [0.1, 0.15) is 0 Å². The summed E-state index contributed by atoms with van der Waals surface area (Å²) in [6.45, 7) is 0.857. The Balaban J connectivity index is 2.57. The Hall–Kier alpha value is -0.840. The number of hydrogen-bond acceptors (Lipinski definition) is 4. The van der Waals surface area contributed by atoms with Crippen LogP contribution in [0.15, 0.2) is 23.0 Å². The molecular weight excluding hydrogens is 154 g/mol. The van der Waals surface area contributed by atoms with Crippen molar-refractivity contribution < 1.29 is 4.42 Å². The van der Waals surface area contributed by atoms with Crippen molar-refractivity contribution in [1.29, 1.82) is 0 Å². The molecule has 68 valence electrons. The second-order valence-corrected chi connectivity index (χ2v) is 3.04. The van der Waals surface area contributed by atoms with Crippen molar-refractivity contribution in [1.82, 2.24) is 10.3 Å². The van der Waals surface area contributed by atoms with Gasteiger partial charge in [0.25, 0.3) is 0 Å². The molecule has 0 amide bonds. The molecule has 1 aromatic heterocycles. The van der Waals surface area contributed by atoms with Gasteiger partial charge in [0.05, 0.1) is 18.6 Å². The fourth-order valence-corrected chi connectivity index (χ4v) is 1.09. The van der Waals surface area contributed by atoms with Crippen LogP contribution in [0.25, 0.3) is 0 Å². The van der Waals surface area contributed by atoms with E-state index in [2.05, 4.69) is 10.3 Å². The first-order chi connectivity index (χ1) is 5.74. The minimum Gasteiger partial charge on any atom is -0.472 e. The van der Waals surface area contributed by atoms with E-state index in [1.165, 1.54) is 0 Å². The highest BCUT2D eigenvalue weighted by Gasteiger charge is 2.10. The van der Waals surface area contributed by atoms with E-state index in [0.29, 0.717) is 0 Å². The van der Waals surface area contributed by atoms with E-state index in [1.54, 1.807) is 12.5 Å². The summed E-state index contributed by atoms with van der Waals surface area (Å²) in [7, 11) is 4.01. The summed E-state index contributed by atoms with van der Waals surface area (Å²) in [6.07, 6.45) is 3.35. The molecule has 0 aliphatic rings. The van der Waals surface area contributed by atoms with Gasteiger partial charge in [-0.3, -0.25) is 11.3 Å². The van der Waals surface area contributed by atoms with Crippen LogP contribution < -0.4 is 11.3 Å². The Morgan fingerprint density at radius 3 is 2.83 bits per heavy atom. The minimum atomic E-state index is 0.138. The Kier molecular flexibility index (Phi) is 3.28. The lowest BCUT2D eigenvalue weighted by Crippen LogP contribution is -2.35. The number of nitrogens with one attached hydrogen (secondary N) is 1. The van der Waals surface area contributed by atoms with Crippen LogP contribution >= 0.6 is 0 Å². The molecule has 0 aromatic carbocycles. The predicted octanol–water partition coefficient (Wildman–Crippen LogP) is 0.346. The van der Waals surface area contributed by atoms with Crippen LogP contribution in [0.2, 0.25) is 0 Å². The van der Waals surface area contributed by atoms with Crippen LogP contribution in [0.4, 0.5) is 0 Å². The lowest BCUT2D eigenvalue weighted by atomic mass is 10.1. The molecule has 1 heterocycles. The van der Waals surface area contributed by atoms with Crippen molar-refractivity contribution >= 4 is 0 Å². The van der Waals surface area contributed by atoms with Crippen molar-refractivity contribution in [2.24, 2.45) is 5.84 Å². The SMILES string of the molecule is CN(C)CC(NN)c1ccoc1. The second kappa shape index (κ2) is 4.25. The number of hydrazine groups is 1. The summed E-state index contributed by atoms with van der Waals surface area (Å²) < 4.78 is 4.96. The number of likely N-dealkylation sites (N-methyl/N-ethyl adjacent to an activating group) is 1. The van der Waals surface area contributed by atoms with Crippen LogP contribution in [-0.2, 0) is 0 Å². The maximum Gasteiger partial charge on any atom is 0.0951 e. The van der Waals surface area contributed by atoms with E-state index >= 15 is 0 Å². The number of furan rings is 1. The van der Waals surface area contributed by atoms with E-state index in [-0.39, 0.29) is 6.04 Å². The standard InChI is InChI=1S/C8H15N3O/c1-11(2)5-8(10-9)7-3-4-12-6-7/h3-4,6,8,10H,5,9H2,1-2H3. The van der Waals surface area contributed by atoms with Crippen LogP contribution in [0, 0.1) is 0 Å². The highest BCUT2D eigenvalue weighted by molar-refractivity contribution is 5.11. The summed E-state index contributed by atoms with van der Waals surface area (Å²) in [5.74, 6) is 5.39. The van der Waals surface area contributed by atoms with Crippen molar-refractivity contribution in [2.75, 3.05) is 20.6 Å². The zero-order chi connectivity index (χ0) is 8.97. The van der Waals surface area contributed by atoms with Gasteiger partial charge in [-0.15, -0.1) is 0 Å². The maximum absolute atomic E-state index is 5.39. The molecule has 1 unspecified atom stereocenters. The molecule has 0 radical (unpaired) electrons. The molecule has 1 rings (SSSR count). The van der Waals surface area contributed by atoms with Crippen LogP contribution in [0.1, 0.15) is 11.6 Å². The molecule has 1 aromatic rings. The van der Waals surface area contributed by atoms with Gasteiger partial charge in [-0.25, -0.2) is 0 Å². The molecule has 0 fully saturated rings. The van der Waals surface area contributed by atoms with E-state index < -0.39 is 0 Å². The van der Waals surface area contributed by atoms with Gasteiger partial charge < -0.3 is 9.32 Å². The molecule has 4 nitrogen and oxygen atoms in total. The number of hydrogen-bond donors (Lipinski definition) is 2. The van der Waals surface area contributed by atoms with Gasteiger partial charge in [-0.2, -0.15) is 0 Å². The molecule has 0 aliphatic carbocycles. The Morgan fingerprint density at radius 2 is 2.42 bits per heavy atom. The molecule has 0 spiro atoms. The summed E-state index contributed by atoms with van der Waals surface area (Å²) >= 11 is 0. The molecule has 0 saturated carbocycles. The van der Waals surface area contributed by atoms with Crippen LogP contribution in [0.5, 0.6) is 0 Å². The van der Waals surface area contributed by atoms with Crippen LogP contribution in [0.3, 0.4) is 0 Å². The zero-order valence-electron chi connectivity index (χ0n) is 7.45. The molecule has 3 N–H and O–H groups in total. The smallest absolute Gasteiger partial charge is 0.0951 e. The van der Waals surface area contributed by atoms with Crippen molar-refractivity contribution in [3.05, 3.63) is 24.2 Å². The van der Waals surface area contributed by atoms with Crippen molar-refractivity contribution in [3.63, 3.8) is 0 Å². The third-order valence-electron chi connectivity index (χ3n) is 1.69.